The number of rotatable bonds is 1. The summed E-state index contributed by atoms with van der Waals surface area (Å²) in [5, 5.41) is 0. The maximum Gasteiger partial charge on any atom is 0.151 e. The Morgan fingerprint density at radius 3 is 1.20 bits per heavy atom. The molecule has 0 aromatic rings. The third-order valence-corrected chi connectivity index (χ3v) is 0.500. The first-order valence-electron chi connectivity index (χ1n) is 3.71. The molecule has 0 saturated carbocycles. The highest BCUT2D eigenvalue weighted by Gasteiger charge is 1.56. The Morgan fingerprint density at radius 1 is 1.10 bits per heavy atom. The van der Waals surface area contributed by atoms with Crippen molar-refractivity contribution in [3.63, 3.8) is 0 Å². The lowest BCUT2D eigenvalue weighted by molar-refractivity contribution is 0.886. The number of hydrogen-bond acceptors (Lipinski definition) is 1. The minimum atomic E-state index is 1.25. The molecule has 0 fully saturated rings. The zero-order chi connectivity index (χ0) is 8.83. The second-order valence-electron chi connectivity index (χ2n) is 1.79. The van der Waals surface area contributed by atoms with Gasteiger partial charge in [0.05, 0.1) is 0 Å². The maximum absolute atomic E-state index is 8.11. The molecule has 0 aromatic carbocycles. The molecule has 0 amide bonds. The van der Waals surface area contributed by atoms with Crippen LogP contribution < -0.4 is 4.97 Å². The van der Waals surface area contributed by atoms with E-state index in [2.05, 4.69) is 27.7 Å². The number of unbranched alkanes of at least 4 members (excludes halogenated alkanes) is 1. The van der Waals surface area contributed by atoms with Crippen LogP contribution in [0.4, 0.5) is 0 Å². The first kappa shape index (κ1) is 16.1. The van der Waals surface area contributed by atoms with Crippen LogP contribution in [0.5, 0.6) is 0 Å². The van der Waals surface area contributed by atoms with Gasteiger partial charge < -0.3 is 0 Å². The lowest BCUT2D eigenvalue weighted by atomic mass is 10.4. The van der Waals surface area contributed by atoms with E-state index in [0.717, 1.165) is 0 Å². The minimum Gasteiger partial charge on any atom is -0.294 e. The third-order valence-electron chi connectivity index (χ3n) is 0.500. The van der Waals surface area contributed by atoms with Crippen LogP contribution in [0.25, 0.3) is 5.53 Å². The lowest BCUT2D eigenvalue weighted by Crippen LogP contribution is -1.47. The van der Waals surface area contributed by atoms with E-state index < -0.39 is 0 Å². The molecule has 0 bridgehead atoms. The number of nitrogens with zero attached hydrogens (tertiary/aromatic N) is 2. The van der Waals surface area contributed by atoms with Crippen molar-refractivity contribution in [2.75, 3.05) is 0 Å². The van der Waals surface area contributed by atoms with Crippen LogP contribution in [-0.4, -0.2) is 0 Å². The molecule has 0 atom stereocenters. The molecule has 0 heterocycles. The molecule has 0 aliphatic carbocycles. The number of hydrogen-bond donors (Lipinski definition) is 0. The fourth-order valence-electron chi connectivity index (χ4n) is 0. The van der Waals surface area contributed by atoms with E-state index in [0.29, 0.717) is 0 Å². The standard InChI is InChI=1S/C4H10.C3H8.N2O/c1-3-4-2;1-3-2;1-2-3/h3-4H2,1-2H3;3H2,1-2H3;. The van der Waals surface area contributed by atoms with Crippen LogP contribution in [0.3, 0.4) is 0 Å². The molecule has 62 valence electrons. The van der Waals surface area contributed by atoms with Crippen LogP contribution in [0.2, 0.25) is 0 Å². The molecule has 0 saturated heterocycles. The SMILES string of the molecule is CCC.CCCC.[N-]=[N+]=O. The zero-order valence-corrected chi connectivity index (χ0v) is 7.42. The first-order chi connectivity index (χ1) is 4.74. The minimum absolute atomic E-state index is 1.25. The van der Waals surface area contributed by atoms with E-state index in [9.17, 15) is 0 Å². The van der Waals surface area contributed by atoms with Crippen molar-refractivity contribution >= 4 is 0 Å². The Bertz CT molecular complexity index is 56.6. The molecule has 3 heteroatoms. The predicted octanol–water partition coefficient (Wildman–Crippen LogP) is 3.06. The van der Waals surface area contributed by atoms with Crippen LogP contribution in [0, 0.1) is 4.91 Å². The topological polar surface area (TPSA) is 53.5 Å². The monoisotopic (exact) mass is 146 g/mol. The van der Waals surface area contributed by atoms with Gasteiger partial charge in [-0.05, 0) is 0 Å². The molecule has 0 N–H and O–H groups in total. The van der Waals surface area contributed by atoms with Crippen LogP contribution >= 0.6 is 0 Å². The van der Waals surface area contributed by atoms with Gasteiger partial charge in [-0.3, -0.25) is 5.53 Å². The van der Waals surface area contributed by atoms with E-state index in [4.69, 9.17) is 10.4 Å². The van der Waals surface area contributed by atoms with Crippen molar-refractivity contribution < 1.29 is 0 Å². The second kappa shape index (κ2) is 40.5. The fourth-order valence-corrected chi connectivity index (χ4v) is 0. The Kier molecular flexibility index (Phi) is 65.4. The van der Waals surface area contributed by atoms with Crippen LogP contribution in [-0.2, 0) is 0 Å². The highest BCUT2D eigenvalue weighted by atomic mass is 16.2. The van der Waals surface area contributed by atoms with Gasteiger partial charge in [0.2, 0.25) is 0 Å². The van der Waals surface area contributed by atoms with E-state index >= 15 is 0 Å². The maximum atomic E-state index is 8.11. The molecule has 0 spiro atoms. The summed E-state index contributed by atoms with van der Waals surface area (Å²) >= 11 is 0. The molecule has 0 rings (SSSR count). The molecule has 0 unspecified atom stereocenters. The summed E-state index contributed by atoms with van der Waals surface area (Å²) < 4.78 is 0. The van der Waals surface area contributed by atoms with Gasteiger partial charge in [0.15, 0.2) is 4.91 Å². The van der Waals surface area contributed by atoms with Gasteiger partial charge in [0, 0.05) is 0 Å². The van der Waals surface area contributed by atoms with E-state index in [1.165, 1.54) is 24.2 Å². The third kappa shape index (κ3) is 3030. The number of nitroso groups, excluding NO2 is 1. The van der Waals surface area contributed by atoms with Gasteiger partial charge in [0.25, 0.3) is 0 Å². The highest BCUT2D eigenvalue weighted by Crippen LogP contribution is 1.76. The summed E-state index contributed by atoms with van der Waals surface area (Å²) in [4.78, 5) is 9.36. The van der Waals surface area contributed by atoms with Crippen LogP contribution in [0.15, 0.2) is 0 Å². The summed E-state index contributed by atoms with van der Waals surface area (Å²) in [7, 11) is 0. The summed E-state index contributed by atoms with van der Waals surface area (Å²) in [6, 6.07) is 0. The zero-order valence-electron chi connectivity index (χ0n) is 7.42. The van der Waals surface area contributed by atoms with E-state index in [1.54, 1.807) is 0 Å². The van der Waals surface area contributed by atoms with Crippen molar-refractivity contribution in [1.29, 1.82) is 0 Å². The Balaban J connectivity index is -0.0000000750. The fraction of sp³-hybridized carbons (Fsp3) is 1.00. The molecule has 0 aliphatic heterocycles. The van der Waals surface area contributed by atoms with Gasteiger partial charge in [0.1, 0.15) is 4.97 Å². The van der Waals surface area contributed by atoms with Crippen molar-refractivity contribution in [1.82, 2.24) is 4.97 Å². The quantitative estimate of drug-likeness (QED) is 0.414. The average Bonchev–Trinajstić information content (AvgIpc) is 1.91. The van der Waals surface area contributed by atoms with Crippen molar-refractivity contribution in [3.8, 4) is 0 Å². The molecule has 0 aliphatic rings. The molecule has 3 nitrogen and oxygen atoms in total. The van der Waals surface area contributed by atoms with Gasteiger partial charge in [-0.15, -0.1) is 0 Å². The molecule has 0 radical (unpaired) electrons. The second-order valence-corrected chi connectivity index (χ2v) is 1.79. The van der Waals surface area contributed by atoms with E-state index in [1.807, 2.05) is 0 Å². The summed E-state index contributed by atoms with van der Waals surface area (Å²) in [6.07, 6.45) is 3.89. The van der Waals surface area contributed by atoms with Gasteiger partial charge >= 0.3 is 0 Å². The predicted molar refractivity (Wildman–Crippen MR) is 45.4 cm³/mol. The van der Waals surface area contributed by atoms with Crippen molar-refractivity contribution in [3.05, 3.63) is 10.4 Å². The highest BCUT2D eigenvalue weighted by molar-refractivity contribution is 4.12. The molecule has 10 heavy (non-hydrogen) atoms. The van der Waals surface area contributed by atoms with Crippen molar-refractivity contribution in [2.24, 2.45) is 0 Å². The summed E-state index contributed by atoms with van der Waals surface area (Å²) in [6.45, 7) is 8.61. The summed E-state index contributed by atoms with van der Waals surface area (Å²) in [5.41, 5.74) is 6.64. The van der Waals surface area contributed by atoms with Gasteiger partial charge in [-0.1, -0.05) is 47.0 Å². The molecule has 0 aromatic heterocycles. The molecular weight excluding hydrogens is 128 g/mol. The summed E-state index contributed by atoms with van der Waals surface area (Å²) in [5.74, 6) is 0. The molecular formula is C7H18N2O. The van der Waals surface area contributed by atoms with Gasteiger partial charge in [-0.2, -0.15) is 0 Å². The average molecular weight is 146 g/mol. The first-order valence-corrected chi connectivity index (χ1v) is 3.71. The Morgan fingerprint density at radius 2 is 1.20 bits per heavy atom. The Labute approximate surface area is 63.3 Å². The normalized spacial score (nSPS) is 5.60. The lowest BCUT2D eigenvalue weighted by Gasteiger charge is -1.68. The van der Waals surface area contributed by atoms with Crippen molar-refractivity contribution in [2.45, 2.75) is 47.0 Å². The van der Waals surface area contributed by atoms with E-state index in [-0.39, 0.29) is 0 Å². The Hall–Kier alpha value is -0.690. The van der Waals surface area contributed by atoms with Crippen LogP contribution in [0.1, 0.15) is 47.0 Å². The smallest absolute Gasteiger partial charge is 0.151 e. The largest absolute Gasteiger partial charge is 0.294 e. The van der Waals surface area contributed by atoms with Gasteiger partial charge in [-0.25, -0.2) is 0 Å².